The molecule has 1 atom stereocenters. The van der Waals surface area contributed by atoms with Crippen LogP contribution in [0.3, 0.4) is 0 Å². The highest BCUT2D eigenvalue weighted by Crippen LogP contribution is 2.09. The lowest BCUT2D eigenvalue weighted by atomic mass is 10.1. The molecular formula is C9H14OP+. The van der Waals surface area contributed by atoms with Crippen molar-refractivity contribution in [2.24, 2.45) is 0 Å². The smallest absolute Gasteiger partial charge is 0.0801 e. The van der Waals surface area contributed by atoms with Gasteiger partial charge in [0.15, 0.2) is 0 Å². The van der Waals surface area contributed by atoms with E-state index in [1.54, 1.807) is 0 Å². The van der Waals surface area contributed by atoms with Crippen LogP contribution in [0.2, 0.25) is 0 Å². The Hall–Kier alpha value is -0.680. The largest absolute Gasteiger partial charge is 0.310 e. The van der Waals surface area contributed by atoms with Crippen molar-refractivity contribution < 1.29 is 4.57 Å². The van der Waals surface area contributed by atoms with Crippen LogP contribution in [-0.4, -0.2) is 0 Å². The van der Waals surface area contributed by atoms with Gasteiger partial charge in [0.2, 0.25) is 0 Å². The van der Waals surface area contributed by atoms with Crippen molar-refractivity contribution in [3.05, 3.63) is 34.9 Å². The number of hydrogen-bond acceptors (Lipinski definition) is 1. The van der Waals surface area contributed by atoms with Crippen molar-refractivity contribution in [2.45, 2.75) is 20.8 Å². The molecule has 2 heteroatoms. The second-order valence-electron chi connectivity index (χ2n) is 2.52. The summed E-state index contributed by atoms with van der Waals surface area (Å²) in [5, 5.41) is 0. The van der Waals surface area contributed by atoms with Crippen molar-refractivity contribution in [3.63, 3.8) is 0 Å². The number of rotatable bonds is 0. The number of aryl methyl sites for hydroxylation is 2. The highest BCUT2D eigenvalue weighted by Gasteiger charge is 1.91. The number of benzene rings is 1. The van der Waals surface area contributed by atoms with Gasteiger partial charge in [-0.05, 0) is 37.5 Å². The molecule has 0 N–H and O–H groups in total. The molecule has 0 aliphatic heterocycles. The van der Waals surface area contributed by atoms with E-state index in [0.717, 1.165) is 0 Å². The summed E-state index contributed by atoms with van der Waals surface area (Å²) in [5.41, 5.74) is 4.18. The maximum atomic E-state index is 8.17. The zero-order valence-electron chi connectivity index (χ0n) is 7.22. The summed E-state index contributed by atoms with van der Waals surface area (Å²) < 4.78 is 8.17. The molecule has 0 aromatic heterocycles. The molecule has 1 aromatic rings. The Morgan fingerprint density at radius 1 is 1.00 bits per heavy atom. The van der Waals surface area contributed by atoms with Crippen molar-refractivity contribution in [1.82, 2.24) is 0 Å². The zero-order valence-corrected chi connectivity index (χ0v) is 8.37. The molecule has 1 nitrogen and oxygen atoms in total. The topological polar surface area (TPSA) is 17.1 Å². The van der Waals surface area contributed by atoms with Crippen molar-refractivity contribution in [2.75, 3.05) is 0 Å². The van der Waals surface area contributed by atoms with Crippen LogP contribution in [-0.2, 0) is 4.57 Å². The Morgan fingerprint density at radius 3 is 1.64 bits per heavy atom. The molecule has 1 rings (SSSR count). The van der Waals surface area contributed by atoms with Gasteiger partial charge in [-0.15, -0.1) is 0 Å². The Balaban J connectivity index is 0.000000461. The molecule has 0 aliphatic rings. The van der Waals surface area contributed by atoms with Gasteiger partial charge >= 0.3 is 9.12 Å². The first-order valence-corrected chi connectivity index (χ1v) is 3.95. The molecule has 0 heterocycles. The van der Waals surface area contributed by atoms with E-state index in [-0.39, 0.29) is 0 Å². The zero-order chi connectivity index (χ0) is 8.85. The second kappa shape index (κ2) is 5.03. The molecule has 0 saturated carbocycles. The maximum absolute atomic E-state index is 8.17. The fourth-order valence-electron chi connectivity index (χ4n) is 0.898. The van der Waals surface area contributed by atoms with Gasteiger partial charge in [-0.25, -0.2) is 0 Å². The monoisotopic (exact) mass is 169 g/mol. The van der Waals surface area contributed by atoms with Crippen LogP contribution in [0, 0.1) is 20.8 Å². The molecule has 0 aliphatic carbocycles. The van der Waals surface area contributed by atoms with Crippen molar-refractivity contribution in [1.29, 1.82) is 0 Å². The first-order chi connectivity index (χ1) is 5.22. The molecule has 60 valence electrons. The first-order valence-electron chi connectivity index (χ1n) is 3.48. The van der Waals surface area contributed by atoms with E-state index in [2.05, 4.69) is 39.0 Å². The van der Waals surface area contributed by atoms with Crippen LogP contribution in [0.25, 0.3) is 0 Å². The quantitative estimate of drug-likeness (QED) is 0.546. The van der Waals surface area contributed by atoms with E-state index in [0.29, 0.717) is 0 Å². The Kier molecular flexibility index (Phi) is 4.72. The Morgan fingerprint density at radius 2 is 1.36 bits per heavy atom. The van der Waals surface area contributed by atoms with Crippen LogP contribution in [0.4, 0.5) is 0 Å². The molecule has 0 radical (unpaired) electrons. The summed E-state index contributed by atoms with van der Waals surface area (Å²) in [7, 11) is 1.17. The molecule has 1 aromatic carbocycles. The number of hydrogen-bond donors (Lipinski definition) is 0. The SMILES string of the molecule is Cc1cccc(C)c1C.O=[PH2+]. The fraction of sp³-hybridized carbons (Fsp3) is 0.333. The minimum absolute atomic E-state index is 1.17. The van der Waals surface area contributed by atoms with E-state index in [1.807, 2.05) is 0 Å². The van der Waals surface area contributed by atoms with Gasteiger partial charge in [0, 0.05) is 0 Å². The molecule has 1 unspecified atom stereocenters. The van der Waals surface area contributed by atoms with Crippen LogP contribution in [0.15, 0.2) is 18.2 Å². The average molecular weight is 169 g/mol. The highest BCUT2D eigenvalue weighted by molar-refractivity contribution is 7.00. The fourth-order valence-corrected chi connectivity index (χ4v) is 0.898. The van der Waals surface area contributed by atoms with Gasteiger partial charge < -0.3 is 0 Å². The summed E-state index contributed by atoms with van der Waals surface area (Å²) >= 11 is 0. The predicted octanol–water partition coefficient (Wildman–Crippen LogP) is 2.82. The first kappa shape index (κ1) is 10.3. The minimum Gasteiger partial charge on any atom is -0.0801 e. The lowest BCUT2D eigenvalue weighted by Crippen LogP contribution is -1.82. The maximum Gasteiger partial charge on any atom is 0.310 e. The normalized spacial score (nSPS) is 8.27. The highest BCUT2D eigenvalue weighted by atomic mass is 31.0. The van der Waals surface area contributed by atoms with Gasteiger partial charge in [0.05, 0.1) is 0 Å². The summed E-state index contributed by atoms with van der Waals surface area (Å²) in [6.45, 7) is 6.44. The molecular weight excluding hydrogens is 155 g/mol. The summed E-state index contributed by atoms with van der Waals surface area (Å²) in [6.07, 6.45) is 0. The molecule has 0 saturated heterocycles. The van der Waals surface area contributed by atoms with E-state index in [9.17, 15) is 0 Å². The predicted molar refractivity (Wildman–Crippen MR) is 51.0 cm³/mol. The van der Waals surface area contributed by atoms with Crippen molar-refractivity contribution in [3.8, 4) is 0 Å². The van der Waals surface area contributed by atoms with Crippen LogP contribution < -0.4 is 0 Å². The van der Waals surface area contributed by atoms with Crippen LogP contribution in [0.5, 0.6) is 0 Å². The summed E-state index contributed by atoms with van der Waals surface area (Å²) in [4.78, 5) is 0. The lowest BCUT2D eigenvalue weighted by molar-refractivity contribution is 0.607. The van der Waals surface area contributed by atoms with Gasteiger partial charge in [-0.3, -0.25) is 0 Å². The molecule has 0 bridgehead atoms. The summed E-state index contributed by atoms with van der Waals surface area (Å²) in [5.74, 6) is 0. The Labute approximate surface area is 70.1 Å². The van der Waals surface area contributed by atoms with E-state index < -0.39 is 0 Å². The molecule has 11 heavy (non-hydrogen) atoms. The van der Waals surface area contributed by atoms with Gasteiger partial charge in [0.1, 0.15) is 0 Å². The van der Waals surface area contributed by atoms with E-state index >= 15 is 0 Å². The van der Waals surface area contributed by atoms with Gasteiger partial charge in [0.25, 0.3) is 0 Å². The van der Waals surface area contributed by atoms with Gasteiger partial charge in [-0.1, -0.05) is 22.8 Å². The molecule has 0 amide bonds. The van der Waals surface area contributed by atoms with Gasteiger partial charge in [-0.2, -0.15) is 0 Å². The second-order valence-corrected chi connectivity index (χ2v) is 2.52. The van der Waals surface area contributed by atoms with Crippen LogP contribution >= 0.6 is 9.12 Å². The molecule has 0 fully saturated rings. The Bertz CT molecular complexity index is 213. The third kappa shape index (κ3) is 2.81. The summed E-state index contributed by atoms with van der Waals surface area (Å²) in [6, 6.07) is 6.38. The lowest BCUT2D eigenvalue weighted by Gasteiger charge is -2.00. The third-order valence-electron chi connectivity index (χ3n) is 1.88. The standard InChI is InChI=1S/C9H12.H2OP/c1-7-5-4-6-8(2)9(7)3;1-2/h4-6H,1-3H3;2H2/q;+1. The van der Waals surface area contributed by atoms with E-state index in [1.165, 1.54) is 25.8 Å². The third-order valence-corrected chi connectivity index (χ3v) is 1.88. The minimum atomic E-state index is 1.17. The van der Waals surface area contributed by atoms with E-state index in [4.69, 9.17) is 4.57 Å². The average Bonchev–Trinajstić information content (AvgIpc) is 2.04. The molecule has 0 spiro atoms. The van der Waals surface area contributed by atoms with Crippen LogP contribution in [0.1, 0.15) is 16.7 Å². The van der Waals surface area contributed by atoms with Crippen molar-refractivity contribution >= 4 is 9.12 Å².